The Morgan fingerprint density at radius 2 is 2.04 bits per heavy atom. The fourth-order valence-corrected chi connectivity index (χ4v) is 2.75. The van der Waals surface area contributed by atoms with Crippen molar-refractivity contribution in [3.63, 3.8) is 0 Å². The number of halogens is 1. The molecule has 3 heterocycles. The van der Waals surface area contributed by atoms with Crippen LogP contribution in [-0.4, -0.2) is 26.1 Å². The molecule has 3 aromatic heterocycles. The Hall–Kier alpha value is -3.81. The van der Waals surface area contributed by atoms with E-state index in [2.05, 4.69) is 20.4 Å². The molecule has 4 rings (SSSR count). The van der Waals surface area contributed by atoms with Gasteiger partial charge in [-0.25, -0.2) is 14.4 Å². The van der Waals surface area contributed by atoms with E-state index >= 15 is 0 Å². The molecule has 0 aliphatic heterocycles. The molecule has 4 aromatic rings. The number of hydrogen-bond acceptors (Lipinski definition) is 6. The summed E-state index contributed by atoms with van der Waals surface area (Å²) in [4.78, 5) is 21.1. The van der Waals surface area contributed by atoms with E-state index < -0.39 is 11.7 Å². The van der Waals surface area contributed by atoms with E-state index in [0.717, 1.165) is 0 Å². The average molecular weight is 364 g/mol. The first-order valence-corrected chi connectivity index (χ1v) is 8.02. The Morgan fingerprint density at radius 1 is 1.22 bits per heavy atom. The lowest BCUT2D eigenvalue weighted by Crippen LogP contribution is -2.14. The maximum Gasteiger partial charge on any atom is 0.259 e. The first-order chi connectivity index (χ1) is 13.0. The summed E-state index contributed by atoms with van der Waals surface area (Å²) < 4.78 is 19.4. The van der Waals surface area contributed by atoms with Crippen molar-refractivity contribution < 1.29 is 18.8 Å². The number of carbonyl (C=O) groups excluding carboxylic acids is 1. The number of anilines is 1. The maximum atomic E-state index is 14.2. The van der Waals surface area contributed by atoms with Crippen LogP contribution in [0.3, 0.4) is 0 Å². The predicted octanol–water partition coefficient (Wildman–Crippen LogP) is 3.69. The standard InChI is InChI=1S/C19H13FN4O3/c1-10-16-12(18(26)23-17-15(25)7-4-8-21-17)9-14(22-19(16)27-24-10)11-5-2-3-6-13(11)20/h2-9,25H,1H3,(H,21,23,26). The fourth-order valence-electron chi connectivity index (χ4n) is 2.75. The molecule has 0 fully saturated rings. The fraction of sp³-hybridized carbons (Fsp3) is 0.0526. The molecule has 2 N–H and O–H groups in total. The van der Waals surface area contributed by atoms with Crippen molar-refractivity contribution in [2.45, 2.75) is 6.92 Å². The average Bonchev–Trinajstić information content (AvgIpc) is 3.04. The van der Waals surface area contributed by atoms with Crippen LogP contribution in [0.2, 0.25) is 0 Å². The molecule has 0 aliphatic carbocycles. The maximum absolute atomic E-state index is 14.2. The quantitative estimate of drug-likeness (QED) is 0.575. The van der Waals surface area contributed by atoms with Crippen LogP contribution >= 0.6 is 0 Å². The third-order valence-electron chi connectivity index (χ3n) is 4.03. The molecule has 0 spiro atoms. The predicted molar refractivity (Wildman–Crippen MR) is 95.8 cm³/mol. The minimum atomic E-state index is -0.555. The molecule has 0 bridgehead atoms. The molecule has 0 atom stereocenters. The Balaban J connectivity index is 1.86. The summed E-state index contributed by atoms with van der Waals surface area (Å²) in [6.45, 7) is 1.67. The number of hydrogen-bond donors (Lipinski definition) is 2. The van der Waals surface area contributed by atoms with Crippen molar-refractivity contribution in [1.82, 2.24) is 15.1 Å². The van der Waals surface area contributed by atoms with Crippen LogP contribution in [0.1, 0.15) is 16.1 Å². The molecule has 7 nitrogen and oxygen atoms in total. The Bertz CT molecular complexity index is 1170. The molecule has 0 unspecified atom stereocenters. The van der Waals surface area contributed by atoms with Crippen LogP contribution in [0.25, 0.3) is 22.4 Å². The first-order valence-electron chi connectivity index (χ1n) is 8.02. The van der Waals surface area contributed by atoms with Crippen molar-refractivity contribution in [2.75, 3.05) is 5.32 Å². The van der Waals surface area contributed by atoms with E-state index in [-0.39, 0.29) is 34.1 Å². The Labute approximate surface area is 152 Å². The molecule has 8 heteroatoms. The summed E-state index contributed by atoms with van der Waals surface area (Å²) in [5.74, 6) is -1.20. The highest BCUT2D eigenvalue weighted by Crippen LogP contribution is 2.29. The van der Waals surface area contributed by atoms with Gasteiger partial charge in [0, 0.05) is 11.8 Å². The molecule has 1 aromatic carbocycles. The Kier molecular flexibility index (Phi) is 4.00. The number of nitrogens with one attached hydrogen (secondary N) is 1. The number of benzene rings is 1. The number of fused-ring (bicyclic) bond motifs is 1. The summed E-state index contributed by atoms with van der Waals surface area (Å²) in [5.41, 5.74) is 1.22. The van der Waals surface area contributed by atoms with Crippen LogP contribution in [0.5, 0.6) is 5.75 Å². The molecule has 0 radical (unpaired) electrons. The normalized spacial score (nSPS) is 10.9. The van der Waals surface area contributed by atoms with Gasteiger partial charge in [-0.1, -0.05) is 17.3 Å². The summed E-state index contributed by atoms with van der Waals surface area (Å²) in [7, 11) is 0. The second-order valence-corrected chi connectivity index (χ2v) is 5.81. The van der Waals surface area contributed by atoms with Gasteiger partial charge in [0.15, 0.2) is 11.6 Å². The van der Waals surface area contributed by atoms with Crippen LogP contribution in [-0.2, 0) is 0 Å². The second kappa shape index (κ2) is 6.49. The number of rotatable bonds is 3. The van der Waals surface area contributed by atoms with Gasteiger partial charge in [-0.15, -0.1) is 0 Å². The van der Waals surface area contributed by atoms with Crippen molar-refractivity contribution in [3.05, 3.63) is 65.7 Å². The number of aromatic hydroxyl groups is 1. The molecular weight excluding hydrogens is 351 g/mol. The van der Waals surface area contributed by atoms with Gasteiger partial charge in [-0.3, -0.25) is 4.79 Å². The van der Waals surface area contributed by atoms with Gasteiger partial charge in [-0.2, -0.15) is 0 Å². The summed E-state index contributed by atoms with van der Waals surface area (Å²) in [6.07, 6.45) is 1.44. The van der Waals surface area contributed by atoms with Gasteiger partial charge in [0.2, 0.25) is 0 Å². The van der Waals surface area contributed by atoms with Gasteiger partial charge in [0.05, 0.1) is 22.3 Å². The summed E-state index contributed by atoms with van der Waals surface area (Å²) in [6, 6.07) is 10.5. The van der Waals surface area contributed by atoms with Crippen molar-refractivity contribution in [3.8, 4) is 17.0 Å². The molecule has 134 valence electrons. The van der Waals surface area contributed by atoms with E-state index in [1.807, 2.05) is 0 Å². The summed E-state index contributed by atoms with van der Waals surface area (Å²) in [5, 5.41) is 16.6. The second-order valence-electron chi connectivity index (χ2n) is 5.81. The minimum absolute atomic E-state index is 0.00834. The largest absolute Gasteiger partial charge is 0.504 e. The molecular formula is C19H13FN4O3. The van der Waals surface area contributed by atoms with E-state index in [0.29, 0.717) is 11.1 Å². The van der Waals surface area contributed by atoms with Crippen LogP contribution in [0, 0.1) is 12.7 Å². The van der Waals surface area contributed by atoms with Crippen molar-refractivity contribution in [2.24, 2.45) is 0 Å². The number of carbonyl (C=O) groups is 1. The molecule has 27 heavy (non-hydrogen) atoms. The number of pyridine rings is 2. The zero-order chi connectivity index (χ0) is 19.0. The van der Waals surface area contributed by atoms with Gasteiger partial charge < -0.3 is 14.9 Å². The van der Waals surface area contributed by atoms with Gasteiger partial charge in [-0.05, 0) is 37.3 Å². The number of amides is 1. The first kappa shape index (κ1) is 16.6. The monoisotopic (exact) mass is 364 g/mol. The topological polar surface area (TPSA) is 101 Å². The smallest absolute Gasteiger partial charge is 0.259 e. The Morgan fingerprint density at radius 3 is 2.81 bits per heavy atom. The minimum Gasteiger partial charge on any atom is -0.504 e. The van der Waals surface area contributed by atoms with E-state index in [4.69, 9.17) is 4.52 Å². The number of aromatic nitrogens is 3. The number of nitrogens with zero attached hydrogens (tertiary/aromatic N) is 3. The van der Waals surface area contributed by atoms with Crippen LogP contribution in [0.4, 0.5) is 10.2 Å². The van der Waals surface area contributed by atoms with E-state index in [9.17, 15) is 14.3 Å². The van der Waals surface area contributed by atoms with Crippen LogP contribution in [0.15, 0.2) is 53.2 Å². The molecule has 0 saturated heterocycles. The van der Waals surface area contributed by atoms with Crippen LogP contribution < -0.4 is 5.32 Å². The van der Waals surface area contributed by atoms with E-state index in [1.165, 1.54) is 30.5 Å². The highest BCUT2D eigenvalue weighted by Gasteiger charge is 2.21. The van der Waals surface area contributed by atoms with Gasteiger partial charge in [0.25, 0.3) is 11.6 Å². The van der Waals surface area contributed by atoms with Crippen molar-refractivity contribution >= 4 is 22.8 Å². The zero-order valence-corrected chi connectivity index (χ0v) is 14.1. The van der Waals surface area contributed by atoms with Gasteiger partial charge >= 0.3 is 0 Å². The number of aryl methyl sites for hydroxylation is 1. The molecule has 0 saturated carbocycles. The highest BCUT2D eigenvalue weighted by atomic mass is 19.1. The lowest BCUT2D eigenvalue weighted by Gasteiger charge is -2.09. The lowest BCUT2D eigenvalue weighted by atomic mass is 10.0. The zero-order valence-electron chi connectivity index (χ0n) is 14.1. The van der Waals surface area contributed by atoms with Crippen molar-refractivity contribution in [1.29, 1.82) is 0 Å². The molecule has 1 amide bonds. The third kappa shape index (κ3) is 2.97. The summed E-state index contributed by atoms with van der Waals surface area (Å²) >= 11 is 0. The van der Waals surface area contributed by atoms with Gasteiger partial charge in [0.1, 0.15) is 5.82 Å². The third-order valence-corrected chi connectivity index (χ3v) is 4.03. The lowest BCUT2D eigenvalue weighted by molar-refractivity contribution is 0.102. The molecule has 0 aliphatic rings. The van der Waals surface area contributed by atoms with E-state index in [1.54, 1.807) is 25.1 Å². The SMILES string of the molecule is Cc1noc2nc(-c3ccccc3F)cc(C(=O)Nc3ncccc3O)c12. The highest BCUT2D eigenvalue weighted by molar-refractivity contribution is 6.13.